The molecule has 2 aromatic carbocycles. The summed E-state index contributed by atoms with van der Waals surface area (Å²) in [6.07, 6.45) is 0. The van der Waals surface area contributed by atoms with Gasteiger partial charge in [0, 0.05) is 10.9 Å². The van der Waals surface area contributed by atoms with E-state index in [2.05, 4.69) is 4.98 Å². The minimum Gasteiger partial charge on any atom is -0.383 e. The molecular formula is C17H12FN3S. The Labute approximate surface area is 130 Å². The average Bonchev–Trinajstić information content (AvgIpc) is 3.10. The zero-order valence-corrected chi connectivity index (χ0v) is 12.3. The van der Waals surface area contributed by atoms with Crippen LogP contribution in [0.15, 0.2) is 60.0 Å². The number of imidazole rings is 1. The van der Waals surface area contributed by atoms with Gasteiger partial charge < -0.3 is 5.73 Å². The van der Waals surface area contributed by atoms with Gasteiger partial charge in [-0.05, 0) is 29.8 Å². The van der Waals surface area contributed by atoms with Crippen LogP contribution in [0.2, 0.25) is 0 Å². The Morgan fingerprint density at radius 2 is 1.68 bits per heavy atom. The lowest BCUT2D eigenvalue weighted by molar-refractivity contribution is 0.628. The van der Waals surface area contributed by atoms with Crippen molar-refractivity contribution >= 4 is 22.1 Å². The SMILES string of the molecule is Nc1c(-c2ccccc2)nc2scc(-c3ccc(F)cc3)n12. The van der Waals surface area contributed by atoms with Crippen molar-refractivity contribution in [2.75, 3.05) is 5.73 Å². The lowest BCUT2D eigenvalue weighted by Gasteiger charge is -2.03. The van der Waals surface area contributed by atoms with Gasteiger partial charge in [-0.1, -0.05) is 30.3 Å². The first kappa shape index (κ1) is 13.0. The molecule has 0 unspecified atom stereocenters. The summed E-state index contributed by atoms with van der Waals surface area (Å²) in [5.74, 6) is 0.348. The van der Waals surface area contributed by atoms with E-state index < -0.39 is 0 Å². The summed E-state index contributed by atoms with van der Waals surface area (Å²) in [4.78, 5) is 5.46. The van der Waals surface area contributed by atoms with Crippen molar-refractivity contribution in [3.8, 4) is 22.5 Å². The number of nitrogens with two attached hydrogens (primary N) is 1. The third-order valence-electron chi connectivity index (χ3n) is 3.59. The highest BCUT2D eigenvalue weighted by Gasteiger charge is 2.16. The van der Waals surface area contributed by atoms with E-state index in [0.717, 1.165) is 27.5 Å². The number of hydrogen-bond donors (Lipinski definition) is 1. The van der Waals surface area contributed by atoms with Gasteiger partial charge in [0.05, 0.1) is 5.69 Å². The molecule has 0 radical (unpaired) electrons. The molecule has 2 heterocycles. The molecule has 0 saturated carbocycles. The highest BCUT2D eigenvalue weighted by Crippen LogP contribution is 2.34. The Hall–Kier alpha value is -2.66. The fraction of sp³-hybridized carbons (Fsp3) is 0. The fourth-order valence-electron chi connectivity index (χ4n) is 2.51. The smallest absolute Gasteiger partial charge is 0.196 e. The first-order valence-electron chi connectivity index (χ1n) is 6.81. The second-order valence-corrected chi connectivity index (χ2v) is 5.79. The Kier molecular flexibility index (Phi) is 2.94. The van der Waals surface area contributed by atoms with Crippen molar-refractivity contribution in [1.82, 2.24) is 9.38 Å². The monoisotopic (exact) mass is 309 g/mol. The predicted molar refractivity (Wildman–Crippen MR) is 88.3 cm³/mol. The van der Waals surface area contributed by atoms with Crippen molar-refractivity contribution in [2.45, 2.75) is 0 Å². The van der Waals surface area contributed by atoms with E-state index in [-0.39, 0.29) is 5.82 Å². The molecule has 22 heavy (non-hydrogen) atoms. The van der Waals surface area contributed by atoms with Crippen LogP contribution in [-0.4, -0.2) is 9.38 Å². The van der Waals surface area contributed by atoms with Crippen LogP contribution >= 0.6 is 11.3 Å². The van der Waals surface area contributed by atoms with Gasteiger partial charge in [-0.3, -0.25) is 4.40 Å². The van der Waals surface area contributed by atoms with Crippen molar-refractivity contribution < 1.29 is 4.39 Å². The van der Waals surface area contributed by atoms with Crippen molar-refractivity contribution in [3.05, 3.63) is 65.8 Å². The van der Waals surface area contributed by atoms with Crippen LogP contribution in [-0.2, 0) is 0 Å². The topological polar surface area (TPSA) is 43.3 Å². The normalized spacial score (nSPS) is 11.1. The summed E-state index contributed by atoms with van der Waals surface area (Å²) in [6.45, 7) is 0. The van der Waals surface area contributed by atoms with Gasteiger partial charge >= 0.3 is 0 Å². The van der Waals surface area contributed by atoms with E-state index in [1.54, 1.807) is 12.1 Å². The van der Waals surface area contributed by atoms with E-state index in [4.69, 9.17) is 5.73 Å². The summed E-state index contributed by atoms with van der Waals surface area (Å²) >= 11 is 1.52. The number of thiazole rings is 1. The van der Waals surface area contributed by atoms with Gasteiger partial charge in [0.2, 0.25) is 0 Å². The zero-order chi connectivity index (χ0) is 15.1. The summed E-state index contributed by atoms with van der Waals surface area (Å²) < 4.78 is 15.0. The minimum absolute atomic E-state index is 0.251. The Morgan fingerprint density at radius 1 is 0.955 bits per heavy atom. The third-order valence-corrected chi connectivity index (χ3v) is 4.41. The standard InChI is InChI=1S/C17H12FN3S/c18-13-8-6-11(7-9-13)14-10-22-17-20-15(16(19)21(14)17)12-4-2-1-3-5-12/h1-10H,19H2. The minimum atomic E-state index is -0.251. The van der Waals surface area contributed by atoms with Crippen molar-refractivity contribution in [3.63, 3.8) is 0 Å². The molecule has 0 fully saturated rings. The van der Waals surface area contributed by atoms with Crippen molar-refractivity contribution in [2.24, 2.45) is 0 Å². The first-order chi connectivity index (χ1) is 10.7. The molecule has 3 nitrogen and oxygen atoms in total. The summed E-state index contributed by atoms with van der Waals surface area (Å²) in [6, 6.07) is 16.3. The Balaban J connectivity index is 1.92. The molecule has 0 bridgehead atoms. The number of anilines is 1. The van der Waals surface area contributed by atoms with Gasteiger partial charge in [-0.2, -0.15) is 0 Å². The highest BCUT2D eigenvalue weighted by molar-refractivity contribution is 7.15. The molecule has 4 aromatic rings. The molecule has 5 heteroatoms. The molecule has 2 aromatic heterocycles. The van der Waals surface area contributed by atoms with Crippen LogP contribution in [0.25, 0.3) is 27.5 Å². The molecule has 2 N–H and O–H groups in total. The Morgan fingerprint density at radius 3 is 2.41 bits per heavy atom. The van der Waals surface area contributed by atoms with Crippen LogP contribution in [0.3, 0.4) is 0 Å². The van der Waals surface area contributed by atoms with E-state index in [0.29, 0.717) is 5.82 Å². The van der Waals surface area contributed by atoms with E-state index in [1.165, 1.54) is 23.5 Å². The number of halogens is 1. The van der Waals surface area contributed by atoms with Crippen molar-refractivity contribution in [1.29, 1.82) is 0 Å². The van der Waals surface area contributed by atoms with Crippen LogP contribution in [0.5, 0.6) is 0 Å². The fourth-order valence-corrected chi connectivity index (χ4v) is 3.42. The van der Waals surface area contributed by atoms with Gasteiger partial charge in [0.25, 0.3) is 0 Å². The largest absolute Gasteiger partial charge is 0.383 e. The molecule has 0 atom stereocenters. The van der Waals surface area contributed by atoms with Gasteiger partial charge in [0.15, 0.2) is 4.96 Å². The summed E-state index contributed by atoms with van der Waals surface area (Å²) in [5, 5.41) is 1.99. The maximum atomic E-state index is 13.1. The maximum absolute atomic E-state index is 13.1. The third kappa shape index (κ3) is 1.98. The maximum Gasteiger partial charge on any atom is 0.196 e. The van der Waals surface area contributed by atoms with Gasteiger partial charge in [-0.15, -0.1) is 11.3 Å². The van der Waals surface area contributed by atoms with E-state index in [1.807, 2.05) is 40.1 Å². The van der Waals surface area contributed by atoms with Crippen LogP contribution in [0, 0.1) is 5.82 Å². The number of hydrogen-bond acceptors (Lipinski definition) is 3. The second-order valence-electron chi connectivity index (χ2n) is 4.96. The molecule has 4 rings (SSSR count). The molecule has 0 amide bonds. The number of fused-ring (bicyclic) bond motifs is 1. The Bertz CT molecular complexity index is 939. The number of aromatic nitrogens is 2. The molecule has 108 valence electrons. The summed E-state index contributed by atoms with van der Waals surface area (Å²) in [5.41, 5.74) is 9.91. The lowest BCUT2D eigenvalue weighted by atomic mass is 10.1. The van der Waals surface area contributed by atoms with Crippen LogP contribution in [0.1, 0.15) is 0 Å². The average molecular weight is 309 g/mol. The van der Waals surface area contributed by atoms with Gasteiger partial charge in [-0.25, -0.2) is 9.37 Å². The highest BCUT2D eigenvalue weighted by atomic mass is 32.1. The molecule has 0 saturated heterocycles. The molecular weight excluding hydrogens is 297 g/mol. The molecule has 0 aliphatic heterocycles. The number of benzene rings is 2. The molecule has 0 aliphatic carbocycles. The van der Waals surface area contributed by atoms with Crippen LogP contribution in [0.4, 0.5) is 10.2 Å². The number of rotatable bonds is 2. The second kappa shape index (κ2) is 4.96. The first-order valence-corrected chi connectivity index (χ1v) is 7.69. The quantitative estimate of drug-likeness (QED) is 0.594. The molecule has 0 aliphatic rings. The number of nitrogens with zero attached hydrogens (tertiary/aromatic N) is 2. The van der Waals surface area contributed by atoms with Crippen LogP contribution < -0.4 is 5.73 Å². The number of nitrogen functional groups attached to an aromatic ring is 1. The van der Waals surface area contributed by atoms with Gasteiger partial charge in [0.1, 0.15) is 17.3 Å². The summed E-state index contributed by atoms with van der Waals surface area (Å²) in [7, 11) is 0. The molecule has 0 spiro atoms. The van der Waals surface area contributed by atoms with E-state index >= 15 is 0 Å². The lowest BCUT2D eigenvalue weighted by Crippen LogP contribution is -1.95. The van der Waals surface area contributed by atoms with E-state index in [9.17, 15) is 4.39 Å². The predicted octanol–water partition coefficient (Wildman–Crippen LogP) is 4.45. The zero-order valence-electron chi connectivity index (χ0n) is 11.5.